The van der Waals surface area contributed by atoms with E-state index in [1.807, 2.05) is 0 Å². The Bertz CT molecular complexity index is 193. The first-order valence-electron chi connectivity index (χ1n) is 4.34. The van der Waals surface area contributed by atoms with Crippen LogP contribution in [0, 0.1) is 5.92 Å². The van der Waals surface area contributed by atoms with Gasteiger partial charge >= 0.3 is 0 Å². The van der Waals surface area contributed by atoms with Crippen molar-refractivity contribution in [3.05, 3.63) is 11.9 Å². The molecule has 0 amide bonds. The van der Waals surface area contributed by atoms with Crippen molar-refractivity contribution >= 4 is 0 Å². The van der Waals surface area contributed by atoms with Gasteiger partial charge in [0, 0.05) is 13.0 Å². The number of hydrogen-bond donors (Lipinski definition) is 2. The van der Waals surface area contributed by atoms with Crippen molar-refractivity contribution in [2.24, 2.45) is 5.92 Å². The lowest BCUT2D eigenvalue weighted by atomic mass is 10.2. The van der Waals surface area contributed by atoms with Crippen LogP contribution < -0.4 is 5.32 Å². The molecule has 0 radical (unpaired) electrons. The minimum Gasteiger partial charge on any atom is -0.316 e. The van der Waals surface area contributed by atoms with E-state index < -0.39 is 0 Å². The van der Waals surface area contributed by atoms with Crippen LogP contribution in [-0.2, 0) is 6.42 Å². The smallest absolute Gasteiger partial charge is 0.0837 e. The molecule has 0 saturated heterocycles. The summed E-state index contributed by atoms with van der Waals surface area (Å²) in [6.45, 7) is 6.44. The Labute approximate surface area is 72.8 Å². The van der Waals surface area contributed by atoms with Crippen molar-refractivity contribution in [2.75, 3.05) is 13.1 Å². The largest absolute Gasteiger partial charge is 0.316 e. The topological polar surface area (TPSA) is 53.6 Å². The maximum atomic E-state index is 3.96. The van der Waals surface area contributed by atoms with Gasteiger partial charge in [-0.3, -0.25) is 0 Å². The molecule has 1 heterocycles. The molecule has 0 aromatic carbocycles. The summed E-state index contributed by atoms with van der Waals surface area (Å²) < 4.78 is 0. The minimum atomic E-state index is 0.710. The molecule has 68 valence electrons. The lowest BCUT2D eigenvalue weighted by molar-refractivity contribution is 0.552. The monoisotopic (exact) mass is 168 g/mol. The summed E-state index contributed by atoms with van der Waals surface area (Å²) in [5.74, 6) is 0.710. The van der Waals surface area contributed by atoms with Gasteiger partial charge in [0.15, 0.2) is 0 Å². The number of nitrogens with zero attached hydrogens (tertiary/aromatic N) is 2. The maximum Gasteiger partial charge on any atom is 0.0837 e. The summed E-state index contributed by atoms with van der Waals surface area (Å²) in [5.41, 5.74) is 1.02. The van der Waals surface area contributed by atoms with E-state index in [9.17, 15) is 0 Å². The Balaban J connectivity index is 2.04. The van der Waals surface area contributed by atoms with Gasteiger partial charge in [0.2, 0.25) is 0 Å². The second-order valence-corrected chi connectivity index (χ2v) is 3.31. The molecule has 12 heavy (non-hydrogen) atoms. The zero-order valence-corrected chi connectivity index (χ0v) is 7.67. The number of H-pyrrole nitrogens is 1. The lowest BCUT2D eigenvalue weighted by Crippen LogP contribution is -2.22. The highest BCUT2D eigenvalue weighted by Crippen LogP contribution is 1.90. The van der Waals surface area contributed by atoms with Crippen molar-refractivity contribution in [2.45, 2.75) is 20.3 Å². The summed E-state index contributed by atoms with van der Waals surface area (Å²) in [6, 6.07) is 0. The van der Waals surface area contributed by atoms with Crippen LogP contribution in [0.2, 0.25) is 0 Å². The number of hydrogen-bond acceptors (Lipinski definition) is 3. The summed E-state index contributed by atoms with van der Waals surface area (Å²) in [6.07, 6.45) is 2.71. The molecule has 0 aliphatic carbocycles. The van der Waals surface area contributed by atoms with E-state index >= 15 is 0 Å². The number of aromatic nitrogens is 3. The Morgan fingerprint density at radius 3 is 3.00 bits per heavy atom. The summed E-state index contributed by atoms with van der Waals surface area (Å²) >= 11 is 0. The van der Waals surface area contributed by atoms with E-state index in [1.165, 1.54) is 0 Å². The van der Waals surface area contributed by atoms with Crippen LogP contribution in [0.5, 0.6) is 0 Å². The molecule has 1 aromatic rings. The predicted octanol–water partition coefficient (Wildman–Crippen LogP) is 0.593. The predicted molar refractivity (Wildman–Crippen MR) is 47.8 cm³/mol. The van der Waals surface area contributed by atoms with Crippen molar-refractivity contribution < 1.29 is 0 Å². The van der Waals surface area contributed by atoms with E-state index in [4.69, 9.17) is 0 Å². The molecule has 4 nitrogen and oxygen atoms in total. The minimum absolute atomic E-state index is 0.710. The van der Waals surface area contributed by atoms with E-state index in [2.05, 4.69) is 34.6 Å². The average Bonchev–Trinajstić information content (AvgIpc) is 2.49. The van der Waals surface area contributed by atoms with Gasteiger partial charge < -0.3 is 5.32 Å². The van der Waals surface area contributed by atoms with Crippen LogP contribution in [0.4, 0.5) is 0 Å². The number of aromatic amines is 1. The van der Waals surface area contributed by atoms with Crippen molar-refractivity contribution in [1.82, 2.24) is 20.7 Å². The molecule has 1 rings (SSSR count). The van der Waals surface area contributed by atoms with E-state index in [0.29, 0.717) is 5.92 Å². The van der Waals surface area contributed by atoms with Crippen LogP contribution in [-0.4, -0.2) is 28.5 Å². The fraction of sp³-hybridized carbons (Fsp3) is 0.750. The van der Waals surface area contributed by atoms with Gasteiger partial charge in [-0.25, -0.2) is 0 Å². The summed E-state index contributed by atoms with van der Waals surface area (Å²) in [4.78, 5) is 0. The van der Waals surface area contributed by atoms with E-state index in [0.717, 1.165) is 25.2 Å². The quantitative estimate of drug-likeness (QED) is 0.633. The van der Waals surface area contributed by atoms with Crippen LogP contribution in [0.3, 0.4) is 0 Å². The molecular weight excluding hydrogens is 152 g/mol. The van der Waals surface area contributed by atoms with Gasteiger partial charge in [-0.2, -0.15) is 15.4 Å². The van der Waals surface area contributed by atoms with Crippen molar-refractivity contribution in [3.8, 4) is 0 Å². The number of nitrogens with one attached hydrogen (secondary N) is 2. The standard InChI is InChI=1S/C8H16N4/c1-7(2)5-9-4-3-8-6-10-12-11-8/h6-7,9H,3-5H2,1-2H3,(H,10,11,12). The van der Waals surface area contributed by atoms with E-state index in [1.54, 1.807) is 6.20 Å². The van der Waals surface area contributed by atoms with Crippen LogP contribution in [0.15, 0.2) is 6.20 Å². The Morgan fingerprint density at radius 2 is 2.42 bits per heavy atom. The fourth-order valence-electron chi connectivity index (χ4n) is 0.953. The van der Waals surface area contributed by atoms with Crippen molar-refractivity contribution in [1.29, 1.82) is 0 Å². The molecule has 0 aliphatic heterocycles. The maximum absolute atomic E-state index is 3.96. The van der Waals surface area contributed by atoms with E-state index in [-0.39, 0.29) is 0 Å². The molecule has 4 heteroatoms. The normalized spacial score (nSPS) is 10.9. The third kappa shape index (κ3) is 3.48. The van der Waals surface area contributed by atoms with Gasteiger partial charge in [-0.05, 0) is 12.5 Å². The van der Waals surface area contributed by atoms with Gasteiger partial charge in [0.05, 0.1) is 11.9 Å². The van der Waals surface area contributed by atoms with Gasteiger partial charge in [-0.1, -0.05) is 13.8 Å². The Hall–Kier alpha value is -0.900. The molecule has 0 fully saturated rings. The highest BCUT2D eigenvalue weighted by molar-refractivity contribution is 4.90. The molecule has 0 aliphatic rings. The molecule has 0 atom stereocenters. The zero-order chi connectivity index (χ0) is 8.81. The Kier molecular flexibility index (Phi) is 3.73. The first-order valence-corrected chi connectivity index (χ1v) is 4.34. The first kappa shape index (κ1) is 9.19. The third-order valence-electron chi connectivity index (χ3n) is 1.58. The molecule has 2 N–H and O–H groups in total. The molecular formula is C8H16N4. The second-order valence-electron chi connectivity index (χ2n) is 3.31. The molecule has 1 aromatic heterocycles. The average molecular weight is 168 g/mol. The van der Waals surface area contributed by atoms with Crippen LogP contribution in [0.1, 0.15) is 19.5 Å². The van der Waals surface area contributed by atoms with Crippen LogP contribution >= 0.6 is 0 Å². The number of rotatable bonds is 5. The van der Waals surface area contributed by atoms with Gasteiger partial charge in [0.25, 0.3) is 0 Å². The third-order valence-corrected chi connectivity index (χ3v) is 1.58. The second kappa shape index (κ2) is 4.87. The fourth-order valence-corrected chi connectivity index (χ4v) is 0.953. The van der Waals surface area contributed by atoms with Gasteiger partial charge in [-0.15, -0.1) is 0 Å². The molecule has 0 unspecified atom stereocenters. The zero-order valence-electron chi connectivity index (χ0n) is 7.67. The molecule has 0 saturated carbocycles. The molecule has 0 bridgehead atoms. The van der Waals surface area contributed by atoms with Crippen molar-refractivity contribution in [3.63, 3.8) is 0 Å². The molecule has 0 spiro atoms. The Morgan fingerprint density at radius 1 is 1.58 bits per heavy atom. The summed E-state index contributed by atoms with van der Waals surface area (Å²) in [5, 5.41) is 13.6. The lowest BCUT2D eigenvalue weighted by Gasteiger charge is -2.05. The van der Waals surface area contributed by atoms with Gasteiger partial charge in [0.1, 0.15) is 0 Å². The highest BCUT2D eigenvalue weighted by atomic mass is 15.3. The highest BCUT2D eigenvalue weighted by Gasteiger charge is 1.96. The SMILES string of the molecule is CC(C)CNCCc1cn[nH]n1. The first-order chi connectivity index (χ1) is 5.79. The summed E-state index contributed by atoms with van der Waals surface area (Å²) in [7, 11) is 0. The van der Waals surface area contributed by atoms with Crippen LogP contribution in [0.25, 0.3) is 0 Å².